The van der Waals surface area contributed by atoms with Crippen molar-refractivity contribution in [3.8, 4) is 33.4 Å². The third-order valence-electron chi connectivity index (χ3n) is 12.2. The fourth-order valence-corrected chi connectivity index (χ4v) is 9.27. The molecule has 10 aromatic carbocycles. The first-order chi connectivity index (χ1) is 27.5. The lowest BCUT2D eigenvalue weighted by molar-refractivity contribution is 0.660. The maximum atomic E-state index is 2.42. The Labute approximate surface area is 327 Å². The van der Waals surface area contributed by atoms with Gasteiger partial charge in [0.2, 0.25) is 0 Å². The molecular weight excluding hydrogens is 675 g/mol. The van der Waals surface area contributed by atoms with Crippen molar-refractivity contribution >= 4 is 60.2 Å². The van der Waals surface area contributed by atoms with Crippen LogP contribution in [0.25, 0.3) is 76.5 Å². The van der Waals surface area contributed by atoms with Gasteiger partial charge in [0.05, 0.1) is 0 Å². The average Bonchev–Trinajstić information content (AvgIpc) is 3.49. The van der Waals surface area contributed by atoms with Crippen molar-refractivity contribution in [2.24, 2.45) is 0 Å². The highest BCUT2D eigenvalue weighted by atomic mass is 15.1. The summed E-state index contributed by atoms with van der Waals surface area (Å²) in [6.45, 7) is 4.71. The van der Waals surface area contributed by atoms with Gasteiger partial charge in [0.1, 0.15) is 0 Å². The SMILES string of the molecule is CC1(C)c2ccccc2-c2ccc(N(c3ccc(-c4ccc5c(ccc6ccccc65)c4)cc3)c3ccc(-c4ccc5c(ccc6ccccc65)c4)cc3)cc21. The Hall–Kier alpha value is -6.96. The number of benzene rings is 10. The molecule has 0 bridgehead atoms. The van der Waals surface area contributed by atoms with Crippen molar-refractivity contribution in [1.82, 2.24) is 0 Å². The Balaban J connectivity index is 0.991. The molecule has 0 heterocycles. The number of anilines is 3. The summed E-state index contributed by atoms with van der Waals surface area (Å²) in [5.41, 5.74) is 13.6. The van der Waals surface area contributed by atoms with Crippen LogP contribution in [0.4, 0.5) is 17.1 Å². The van der Waals surface area contributed by atoms with E-state index in [0.717, 1.165) is 17.1 Å². The van der Waals surface area contributed by atoms with Gasteiger partial charge in [0.15, 0.2) is 0 Å². The summed E-state index contributed by atoms with van der Waals surface area (Å²) in [7, 11) is 0. The van der Waals surface area contributed by atoms with E-state index in [2.05, 4.69) is 219 Å². The fourth-order valence-electron chi connectivity index (χ4n) is 9.27. The second-order valence-corrected chi connectivity index (χ2v) is 15.8. The molecule has 1 aliphatic rings. The van der Waals surface area contributed by atoms with Crippen molar-refractivity contribution in [3.63, 3.8) is 0 Å². The van der Waals surface area contributed by atoms with Crippen LogP contribution >= 0.6 is 0 Å². The molecule has 56 heavy (non-hydrogen) atoms. The van der Waals surface area contributed by atoms with Gasteiger partial charge in [-0.15, -0.1) is 0 Å². The fraction of sp³-hybridized carbons (Fsp3) is 0.0545. The Morgan fingerprint density at radius 3 is 1.30 bits per heavy atom. The van der Waals surface area contributed by atoms with Gasteiger partial charge >= 0.3 is 0 Å². The molecule has 0 spiro atoms. The first kappa shape index (κ1) is 32.5. The van der Waals surface area contributed by atoms with Crippen LogP contribution in [0.15, 0.2) is 200 Å². The lowest BCUT2D eigenvalue weighted by Crippen LogP contribution is -2.16. The van der Waals surface area contributed by atoms with Crippen LogP contribution in [0.1, 0.15) is 25.0 Å². The van der Waals surface area contributed by atoms with Crippen molar-refractivity contribution in [3.05, 3.63) is 211 Å². The third-order valence-corrected chi connectivity index (χ3v) is 12.2. The molecule has 1 heteroatoms. The summed E-state index contributed by atoms with van der Waals surface area (Å²) in [6, 6.07) is 74.0. The Morgan fingerprint density at radius 2 is 0.732 bits per heavy atom. The summed E-state index contributed by atoms with van der Waals surface area (Å²) >= 11 is 0. The van der Waals surface area contributed by atoms with Gasteiger partial charge in [-0.25, -0.2) is 0 Å². The third kappa shape index (κ3) is 5.16. The molecule has 0 saturated heterocycles. The zero-order valence-electron chi connectivity index (χ0n) is 31.5. The predicted octanol–water partition coefficient (Wildman–Crippen LogP) is 15.4. The number of hydrogen-bond donors (Lipinski definition) is 0. The van der Waals surface area contributed by atoms with E-state index in [1.807, 2.05) is 0 Å². The summed E-state index contributed by atoms with van der Waals surface area (Å²) in [5, 5.41) is 10.2. The molecule has 0 radical (unpaired) electrons. The second kappa shape index (κ2) is 12.5. The standard InChI is InChI=1S/C55H39N/c1-55(2)53-14-8-7-13-51(53)52-32-29-46(35-54(52)55)56(44-25-19-36(20-26-44)40-23-30-49-42(33-40)17-15-38-9-3-5-11-47(38)49)45-27-21-37(22-28-45)41-24-31-50-43(34-41)18-16-39-10-4-6-12-48(39)50/h3-35H,1-2H3. The maximum absolute atomic E-state index is 2.42. The minimum absolute atomic E-state index is 0.0931. The van der Waals surface area contributed by atoms with E-state index in [0.29, 0.717) is 0 Å². The maximum Gasteiger partial charge on any atom is 0.0465 e. The number of nitrogens with zero attached hydrogens (tertiary/aromatic N) is 1. The molecule has 1 nitrogen and oxygen atoms in total. The molecule has 0 unspecified atom stereocenters. The van der Waals surface area contributed by atoms with E-state index < -0.39 is 0 Å². The molecule has 0 atom stereocenters. The summed E-state index contributed by atoms with van der Waals surface area (Å²) < 4.78 is 0. The lowest BCUT2D eigenvalue weighted by Gasteiger charge is -2.28. The zero-order valence-corrected chi connectivity index (χ0v) is 31.5. The first-order valence-corrected chi connectivity index (χ1v) is 19.6. The van der Waals surface area contributed by atoms with Crippen LogP contribution in [0.2, 0.25) is 0 Å². The van der Waals surface area contributed by atoms with Gasteiger partial charge in [-0.3, -0.25) is 0 Å². The molecule has 0 amide bonds. The topological polar surface area (TPSA) is 3.24 Å². The molecule has 0 N–H and O–H groups in total. The van der Waals surface area contributed by atoms with E-state index >= 15 is 0 Å². The van der Waals surface area contributed by atoms with Crippen molar-refractivity contribution < 1.29 is 0 Å². The second-order valence-electron chi connectivity index (χ2n) is 15.8. The molecule has 1 aliphatic carbocycles. The van der Waals surface area contributed by atoms with Gasteiger partial charge in [0.25, 0.3) is 0 Å². The van der Waals surface area contributed by atoms with Crippen molar-refractivity contribution in [1.29, 1.82) is 0 Å². The van der Waals surface area contributed by atoms with Crippen molar-refractivity contribution in [2.45, 2.75) is 19.3 Å². The Morgan fingerprint density at radius 1 is 0.304 bits per heavy atom. The van der Waals surface area contributed by atoms with Crippen LogP contribution in [-0.4, -0.2) is 0 Å². The molecule has 0 aliphatic heterocycles. The van der Waals surface area contributed by atoms with E-state index in [9.17, 15) is 0 Å². The predicted molar refractivity (Wildman–Crippen MR) is 240 cm³/mol. The first-order valence-electron chi connectivity index (χ1n) is 19.6. The van der Waals surface area contributed by atoms with E-state index in [4.69, 9.17) is 0 Å². The molecule has 11 rings (SSSR count). The average molecular weight is 714 g/mol. The van der Waals surface area contributed by atoms with Crippen LogP contribution in [-0.2, 0) is 5.41 Å². The summed E-state index contributed by atoms with van der Waals surface area (Å²) in [6.07, 6.45) is 0. The van der Waals surface area contributed by atoms with Crippen LogP contribution in [0.5, 0.6) is 0 Å². The molecular formula is C55H39N. The van der Waals surface area contributed by atoms with Crippen molar-refractivity contribution in [2.75, 3.05) is 4.90 Å². The highest BCUT2D eigenvalue weighted by molar-refractivity contribution is 6.09. The van der Waals surface area contributed by atoms with Crippen LogP contribution < -0.4 is 4.90 Å². The van der Waals surface area contributed by atoms with Crippen LogP contribution in [0, 0.1) is 0 Å². The largest absolute Gasteiger partial charge is 0.310 e. The van der Waals surface area contributed by atoms with Gasteiger partial charge in [-0.1, -0.05) is 166 Å². The van der Waals surface area contributed by atoms with Gasteiger partial charge < -0.3 is 4.90 Å². The minimum atomic E-state index is -0.0931. The summed E-state index contributed by atoms with van der Waals surface area (Å²) in [4.78, 5) is 2.41. The van der Waals surface area contributed by atoms with Crippen LogP contribution in [0.3, 0.4) is 0 Å². The molecule has 0 fully saturated rings. The smallest absolute Gasteiger partial charge is 0.0465 e. The van der Waals surface area contributed by atoms with E-state index in [1.165, 1.54) is 87.6 Å². The zero-order chi connectivity index (χ0) is 37.4. The van der Waals surface area contributed by atoms with Gasteiger partial charge in [-0.05, 0) is 136 Å². The van der Waals surface area contributed by atoms with Gasteiger partial charge in [0, 0.05) is 22.5 Å². The number of rotatable bonds is 5. The molecule has 10 aromatic rings. The highest BCUT2D eigenvalue weighted by Crippen LogP contribution is 2.50. The minimum Gasteiger partial charge on any atom is -0.310 e. The number of fused-ring (bicyclic) bond motifs is 9. The Bertz CT molecular complexity index is 2990. The van der Waals surface area contributed by atoms with E-state index in [1.54, 1.807) is 0 Å². The molecule has 0 aromatic heterocycles. The monoisotopic (exact) mass is 713 g/mol. The number of hydrogen-bond acceptors (Lipinski definition) is 1. The summed E-state index contributed by atoms with van der Waals surface area (Å²) in [5.74, 6) is 0. The van der Waals surface area contributed by atoms with E-state index in [-0.39, 0.29) is 5.41 Å². The highest BCUT2D eigenvalue weighted by Gasteiger charge is 2.35. The normalized spacial score (nSPS) is 13.0. The Kier molecular flexibility index (Phi) is 7.28. The molecule has 264 valence electrons. The quantitative estimate of drug-likeness (QED) is 0.161. The lowest BCUT2D eigenvalue weighted by atomic mass is 9.82. The molecule has 0 saturated carbocycles. The van der Waals surface area contributed by atoms with Gasteiger partial charge in [-0.2, -0.15) is 0 Å².